The molecule has 5 heteroatoms. The van der Waals surface area contributed by atoms with Gasteiger partial charge in [0.15, 0.2) is 0 Å². The van der Waals surface area contributed by atoms with Crippen LogP contribution in [0, 0.1) is 5.92 Å². The lowest BCUT2D eigenvalue weighted by molar-refractivity contribution is 0.138. The SMILES string of the molecule is CCc1nc(NCC(O)C(C)C)cc(=O)[nH]1. The number of aryl methyl sites for hydroxylation is 1. The molecular weight excluding hydrogens is 206 g/mol. The van der Waals surface area contributed by atoms with Crippen LogP contribution in [0.3, 0.4) is 0 Å². The van der Waals surface area contributed by atoms with Gasteiger partial charge in [-0.2, -0.15) is 0 Å². The molecule has 0 bridgehead atoms. The lowest BCUT2D eigenvalue weighted by Crippen LogP contribution is -2.26. The molecule has 0 saturated carbocycles. The van der Waals surface area contributed by atoms with Gasteiger partial charge in [0.05, 0.1) is 6.10 Å². The van der Waals surface area contributed by atoms with E-state index in [2.05, 4.69) is 15.3 Å². The van der Waals surface area contributed by atoms with Gasteiger partial charge in [-0.1, -0.05) is 20.8 Å². The first kappa shape index (κ1) is 12.7. The predicted octanol–water partition coefficient (Wildman–Crippen LogP) is 0.761. The highest BCUT2D eigenvalue weighted by Crippen LogP contribution is 2.04. The zero-order chi connectivity index (χ0) is 12.1. The minimum atomic E-state index is -0.439. The Labute approximate surface area is 94.9 Å². The molecule has 0 aliphatic rings. The summed E-state index contributed by atoms with van der Waals surface area (Å²) in [4.78, 5) is 18.1. The van der Waals surface area contributed by atoms with Gasteiger partial charge in [0, 0.05) is 19.0 Å². The van der Waals surface area contributed by atoms with E-state index in [1.165, 1.54) is 6.07 Å². The Hall–Kier alpha value is -1.36. The molecule has 0 aromatic carbocycles. The van der Waals surface area contributed by atoms with Crippen molar-refractivity contribution in [3.63, 3.8) is 0 Å². The summed E-state index contributed by atoms with van der Waals surface area (Å²) in [6, 6.07) is 1.40. The Morgan fingerprint density at radius 3 is 2.81 bits per heavy atom. The van der Waals surface area contributed by atoms with Crippen molar-refractivity contribution in [3.05, 3.63) is 22.2 Å². The van der Waals surface area contributed by atoms with E-state index in [9.17, 15) is 9.90 Å². The fourth-order valence-corrected chi connectivity index (χ4v) is 1.21. The number of H-pyrrole nitrogens is 1. The second kappa shape index (κ2) is 5.65. The van der Waals surface area contributed by atoms with E-state index in [0.717, 1.165) is 0 Å². The second-order valence-corrected chi connectivity index (χ2v) is 4.12. The van der Waals surface area contributed by atoms with Gasteiger partial charge in [0.1, 0.15) is 11.6 Å². The van der Waals surface area contributed by atoms with Crippen LogP contribution in [-0.4, -0.2) is 27.7 Å². The van der Waals surface area contributed by atoms with Gasteiger partial charge in [0.25, 0.3) is 5.56 Å². The summed E-state index contributed by atoms with van der Waals surface area (Å²) >= 11 is 0. The molecule has 1 unspecified atom stereocenters. The molecule has 1 aromatic heterocycles. The average molecular weight is 225 g/mol. The van der Waals surface area contributed by atoms with Gasteiger partial charge in [-0.15, -0.1) is 0 Å². The number of hydrogen-bond donors (Lipinski definition) is 3. The second-order valence-electron chi connectivity index (χ2n) is 4.12. The molecule has 0 radical (unpaired) electrons. The number of anilines is 1. The lowest BCUT2D eigenvalue weighted by atomic mass is 10.1. The van der Waals surface area contributed by atoms with Crippen LogP contribution in [0.25, 0.3) is 0 Å². The maximum atomic E-state index is 11.3. The number of aromatic amines is 1. The van der Waals surface area contributed by atoms with Crippen LogP contribution in [0.1, 0.15) is 26.6 Å². The smallest absolute Gasteiger partial charge is 0.252 e. The Balaban J connectivity index is 2.67. The average Bonchev–Trinajstić information content (AvgIpc) is 2.24. The fourth-order valence-electron chi connectivity index (χ4n) is 1.21. The summed E-state index contributed by atoms with van der Waals surface area (Å²) in [5.74, 6) is 1.34. The highest BCUT2D eigenvalue weighted by molar-refractivity contribution is 5.33. The molecule has 90 valence electrons. The van der Waals surface area contributed by atoms with Gasteiger partial charge in [-0.05, 0) is 5.92 Å². The van der Waals surface area contributed by atoms with E-state index in [0.29, 0.717) is 24.6 Å². The first-order chi connectivity index (χ1) is 7.52. The minimum absolute atomic E-state index is 0.173. The number of aromatic nitrogens is 2. The quantitative estimate of drug-likeness (QED) is 0.691. The molecule has 3 N–H and O–H groups in total. The van der Waals surface area contributed by atoms with E-state index in [1.54, 1.807) is 0 Å². The van der Waals surface area contributed by atoms with Crippen LogP contribution >= 0.6 is 0 Å². The van der Waals surface area contributed by atoms with E-state index < -0.39 is 6.10 Å². The van der Waals surface area contributed by atoms with Crippen molar-refractivity contribution in [1.29, 1.82) is 0 Å². The summed E-state index contributed by atoms with van der Waals surface area (Å²) in [6.45, 7) is 6.20. The molecule has 0 aliphatic heterocycles. The van der Waals surface area contributed by atoms with Crippen molar-refractivity contribution >= 4 is 5.82 Å². The molecule has 0 fully saturated rings. The van der Waals surface area contributed by atoms with Crippen LogP contribution in [0.2, 0.25) is 0 Å². The Kier molecular flexibility index (Phi) is 4.49. The van der Waals surface area contributed by atoms with E-state index in [-0.39, 0.29) is 11.5 Å². The molecule has 16 heavy (non-hydrogen) atoms. The van der Waals surface area contributed by atoms with Crippen molar-refractivity contribution in [2.45, 2.75) is 33.3 Å². The van der Waals surface area contributed by atoms with Crippen LogP contribution in [-0.2, 0) is 6.42 Å². The van der Waals surface area contributed by atoms with Crippen LogP contribution in [0.15, 0.2) is 10.9 Å². The minimum Gasteiger partial charge on any atom is -0.391 e. The number of nitrogens with one attached hydrogen (secondary N) is 2. The maximum Gasteiger partial charge on any atom is 0.252 e. The largest absolute Gasteiger partial charge is 0.391 e. The first-order valence-electron chi connectivity index (χ1n) is 5.55. The van der Waals surface area contributed by atoms with E-state index in [4.69, 9.17) is 0 Å². The third-order valence-corrected chi connectivity index (χ3v) is 2.39. The predicted molar refractivity (Wildman–Crippen MR) is 63.6 cm³/mol. The van der Waals surface area contributed by atoms with Crippen molar-refractivity contribution < 1.29 is 5.11 Å². The molecule has 1 rings (SSSR count). The Morgan fingerprint density at radius 1 is 1.56 bits per heavy atom. The van der Waals surface area contributed by atoms with Crippen LogP contribution < -0.4 is 10.9 Å². The Bertz CT molecular complexity index is 387. The molecule has 1 heterocycles. The van der Waals surface area contributed by atoms with Crippen molar-refractivity contribution in [1.82, 2.24) is 9.97 Å². The normalized spacial score (nSPS) is 12.8. The van der Waals surface area contributed by atoms with Crippen LogP contribution in [0.5, 0.6) is 0 Å². The number of aliphatic hydroxyl groups excluding tert-OH is 1. The van der Waals surface area contributed by atoms with Crippen LogP contribution in [0.4, 0.5) is 5.82 Å². The number of nitrogens with zero attached hydrogens (tertiary/aromatic N) is 1. The summed E-state index contributed by atoms with van der Waals surface area (Å²) in [7, 11) is 0. The standard InChI is InChI=1S/C11H19N3O2/c1-4-9-13-10(5-11(16)14-9)12-6-8(15)7(2)3/h5,7-8,15H,4,6H2,1-3H3,(H2,12,13,14,16). The summed E-state index contributed by atoms with van der Waals surface area (Å²) in [6.07, 6.45) is 0.239. The lowest BCUT2D eigenvalue weighted by Gasteiger charge is -2.15. The highest BCUT2D eigenvalue weighted by Gasteiger charge is 2.09. The van der Waals surface area contributed by atoms with Crippen molar-refractivity contribution in [3.8, 4) is 0 Å². The third-order valence-electron chi connectivity index (χ3n) is 2.39. The summed E-state index contributed by atoms with van der Waals surface area (Å²) in [5, 5.41) is 12.6. The number of hydrogen-bond acceptors (Lipinski definition) is 4. The number of aliphatic hydroxyl groups is 1. The van der Waals surface area contributed by atoms with Gasteiger partial charge in [0.2, 0.25) is 0 Å². The van der Waals surface area contributed by atoms with Gasteiger partial charge in [-0.25, -0.2) is 4.98 Å². The van der Waals surface area contributed by atoms with Gasteiger partial charge in [-0.3, -0.25) is 4.79 Å². The molecule has 0 aliphatic carbocycles. The zero-order valence-corrected chi connectivity index (χ0v) is 9.95. The van der Waals surface area contributed by atoms with Gasteiger partial charge < -0.3 is 15.4 Å². The first-order valence-corrected chi connectivity index (χ1v) is 5.55. The molecule has 0 spiro atoms. The van der Waals surface area contributed by atoms with Crippen molar-refractivity contribution in [2.75, 3.05) is 11.9 Å². The molecule has 0 amide bonds. The molecule has 1 atom stereocenters. The molecule has 5 nitrogen and oxygen atoms in total. The molecule has 1 aromatic rings. The molecular formula is C11H19N3O2. The Morgan fingerprint density at radius 2 is 2.25 bits per heavy atom. The monoisotopic (exact) mass is 225 g/mol. The summed E-state index contributed by atoms with van der Waals surface area (Å²) in [5.41, 5.74) is -0.173. The zero-order valence-electron chi connectivity index (χ0n) is 9.95. The number of rotatable bonds is 5. The van der Waals surface area contributed by atoms with Gasteiger partial charge >= 0.3 is 0 Å². The molecule has 0 saturated heterocycles. The highest BCUT2D eigenvalue weighted by atomic mass is 16.3. The third kappa shape index (κ3) is 3.66. The van der Waals surface area contributed by atoms with Crippen molar-refractivity contribution in [2.24, 2.45) is 5.92 Å². The summed E-state index contributed by atoms with van der Waals surface area (Å²) < 4.78 is 0. The topological polar surface area (TPSA) is 78.0 Å². The van der Waals surface area contributed by atoms with E-state index in [1.807, 2.05) is 20.8 Å². The van der Waals surface area contributed by atoms with E-state index >= 15 is 0 Å². The fraction of sp³-hybridized carbons (Fsp3) is 0.636. The maximum absolute atomic E-state index is 11.3.